The van der Waals surface area contributed by atoms with E-state index in [2.05, 4.69) is 46.7 Å². The minimum absolute atomic E-state index is 0.301. The Morgan fingerprint density at radius 2 is 1.63 bits per heavy atom. The third-order valence-corrected chi connectivity index (χ3v) is 4.42. The van der Waals surface area contributed by atoms with E-state index in [4.69, 9.17) is 0 Å². The van der Waals surface area contributed by atoms with Crippen LogP contribution in [0.25, 0.3) is 11.1 Å². The van der Waals surface area contributed by atoms with Crippen molar-refractivity contribution in [2.45, 2.75) is 26.7 Å². The van der Waals surface area contributed by atoms with Gasteiger partial charge < -0.3 is 0 Å². The van der Waals surface area contributed by atoms with Crippen molar-refractivity contribution in [1.29, 1.82) is 0 Å². The zero-order valence-corrected chi connectivity index (χ0v) is 15.6. The van der Waals surface area contributed by atoms with Crippen LogP contribution in [0.4, 0.5) is 0 Å². The molecule has 1 amide bonds. The van der Waals surface area contributed by atoms with Crippen molar-refractivity contribution in [3.63, 3.8) is 0 Å². The highest BCUT2D eigenvalue weighted by Crippen LogP contribution is 2.19. The summed E-state index contributed by atoms with van der Waals surface area (Å²) in [6, 6.07) is 22.1. The first-order valence-electron chi connectivity index (χ1n) is 9.19. The number of hydrogen-bond donors (Lipinski definition) is 1. The summed E-state index contributed by atoms with van der Waals surface area (Å²) in [5.74, 6) is -0.301. The molecule has 1 aromatic heterocycles. The van der Waals surface area contributed by atoms with E-state index in [9.17, 15) is 4.79 Å². The predicted octanol–water partition coefficient (Wildman–Crippen LogP) is 4.86. The molecule has 3 rings (SSSR count). The summed E-state index contributed by atoms with van der Waals surface area (Å²) in [4.78, 5) is 16.4. The number of nitrogens with zero attached hydrogens (tertiary/aromatic N) is 2. The molecule has 0 aliphatic heterocycles. The lowest BCUT2D eigenvalue weighted by Crippen LogP contribution is -2.21. The first-order valence-corrected chi connectivity index (χ1v) is 9.19. The number of amides is 1. The summed E-state index contributed by atoms with van der Waals surface area (Å²) in [5, 5.41) is 4.31. The third kappa shape index (κ3) is 4.67. The van der Waals surface area contributed by atoms with Gasteiger partial charge in [-0.15, -0.1) is 0 Å². The maximum absolute atomic E-state index is 12.3. The Morgan fingerprint density at radius 3 is 2.22 bits per heavy atom. The van der Waals surface area contributed by atoms with Crippen molar-refractivity contribution >= 4 is 11.6 Å². The number of benzene rings is 2. The Hall–Kier alpha value is -3.27. The SMILES string of the molecule is CCC(=NNC(=O)c1ccc(CC)cn1)c1ccc(-c2ccccc2)cc1. The van der Waals surface area contributed by atoms with E-state index in [0.717, 1.165) is 28.8 Å². The minimum Gasteiger partial charge on any atom is -0.266 e. The van der Waals surface area contributed by atoms with Crippen LogP contribution in [0.1, 0.15) is 41.9 Å². The third-order valence-electron chi connectivity index (χ3n) is 4.42. The number of hydrogen-bond acceptors (Lipinski definition) is 3. The van der Waals surface area contributed by atoms with Crippen molar-refractivity contribution in [3.05, 3.63) is 89.7 Å². The Bertz CT molecular complexity index is 914. The number of nitrogens with one attached hydrogen (secondary N) is 1. The zero-order valence-electron chi connectivity index (χ0n) is 15.6. The molecule has 0 fully saturated rings. The number of aryl methyl sites for hydroxylation is 1. The summed E-state index contributed by atoms with van der Waals surface area (Å²) in [6.07, 6.45) is 3.33. The Kier molecular flexibility index (Phi) is 6.10. The molecule has 1 N–H and O–H groups in total. The van der Waals surface area contributed by atoms with Gasteiger partial charge >= 0.3 is 0 Å². The van der Waals surface area contributed by atoms with Gasteiger partial charge in [0.05, 0.1) is 5.71 Å². The van der Waals surface area contributed by atoms with Crippen LogP contribution >= 0.6 is 0 Å². The van der Waals surface area contributed by atoms with E-state index in [0.29, 0.717) is 12.1 Å². The summed E-state index contributed by atoms with van der Waals surface area (Å²) in [7, 11) is 0. The van der Waals surface area contributed by atoms with E-state index in [1.165, 1.54) is 5.56 Å². The number of carbonyl (C=O) groups is 1. The van der Waals surface area contributed by atoms with Crippen LogP contribution in [0.15, 0.2) is 78.0 Å². The first kappa shape index (κ1) is 18.5. The normalized spacial score (nSPS) is 11.3. The first-order chi connectivity index (χ1) is 13.2. The molecule has 3 aromatic rings. The van der Waals surface area contributed by atoms with Gasteiger partial charge in [-0.1, -0.05) is 74.5 Å². The molecule has 0 radical (unpaired) electrons. The Balaban J connectivity index is 1.72. The molecule has 2 aromatic carbocycles. The predicted molar refractivity (Wildman–Crippen MR) is 110 cm³/mol. The molecule has 0 aliphatic carbocycles. The average molecular weight is 357 g/mol. The summed E-state index contributed by atoms with van der Waals surface area (Å²) < 4.78 is 0. The molecule has 27 heavy (non-hydrogen) atoms. The van der Waals surface area contributed by atoms with Crippen molar-refractivity contribution in [2.24, 2.45) is 5.10 Å². The number of rotatable bonds is 6. The molecule has 0 saturated heterocycles. The van der Waals surface area contributed by atoms with Crippen LogP contribution in [0.2, 0.25) is 0 Å². The molecule has 136 valence electrons. The molecule has 1 heterocycles. The summed E-state index contributed by atoms with van der Waals surface area (Å²) in [5.41, 5.74) is 8.23. The largest absolute Gasteiger partial charge is 0.289 e. The van der Waals surface area contributed by atoms with Crippen molar-refractivity contribution in [2.75, 3.05) is 0 Å². The molecule has 0 spiro atoms. The fourth-order valence-corrected chi connectivity index (χ4v) is 2.78. The second kappa shape index (κ2) is 8.90. The summed E-state index contributed by atoms with van der Waals surface area (Å²) >= 11 is 0. The lowest BCUT2D eigenvalue weighted by Gasteiger charge is -2.07. The van der Waals surface area contributed by atoms with Crippen molar-refractivity contribution < 1.29 is 4.79 Å². The fourth-order valence-electron chi connectivity index (χ4n) is 2.78. The van der Waals surface area contributed by atoms with Gasteiger partial charge in [0.2, 0.25) is 0 Å². The summed E-state index contributed by atoms with van der Waals surface area (Å²) in [6.45, 7) is 4.07. The van der Waals surface area contributed by atoms with Crippen molar-refractivity contribution in [3.8, 4) is 11.1 Å². The molecular formula is C23H23N3O. The van der Waals surface area contributed by atoms with Crippen LogP contribution in [-0.2, 0) is 6.42 Å². The standard InChI is InChI=1S/C23H23N3O/c1-3-17-10-15-22(24-16-17)23(27)26-25-21(4-2)20-13-11-19(12-14-20)18-8-6-5-7-9-18/h5-16H,3-4H2,1-2H3,(H,26,27). The molecule has 0 aliphatic rings. The molecule has 0 unspecified atom stereocenters. The molecule has 4 heteroatoms. The lowest BCUT2D eigenvalue weighted by molar-refractivity contribution is 0.0950. The number of carbonyl (C=O) groups excluding carboxylic acids is 1. The molecular weight excluding hydrogens is 334 g/mol. The highest BCUT2D eigenvalue weighted by Gasteiger charge is 2.08. The fraction of sp³-hybridized carbons (Fsp3) is 0.174. The van der Waals surface area contributed by atoms with Crippen LogP contribution in [0.5, 0.6) is 0 Å². The van der Waals surface area contributed by atoms with Crippen LogP contribution in [-0.4, -0.2) is 16.6 Å². The van der Waals surface area contributed by atoms with Gasteiger partial charge in [-0.05, 0) is 41.2 Å². The number of pyridine rings is 1. The monoisotopic (exact) mass is 357 g/mol. The van der Waals surface area contributed by atoms with Crippen LogP contribution < -0.4 is 5.43 Å². The quantitative estimate of drug-likeness (QED) is 0.506. The van der Waals surface area contributed by atoms with E-state index < -0.39 is 0 Å². The molecule has 0 bridgehead atoms. The maximum Gasteiger partial charge on any atom is 0.289 e. The smallest absolute Gasteiger partial charge is 0.266 e. The highest BCUT2D eigenvalue weighted by atomic mass is 16.2. The van der Waals surface area contributed by atoms with E-state index in [1.807, 2.05) is 43.3 Å². The number of hydrazone groups is 1. The second-order valence-electron chi connectivity index (χ2n) is 6.20. The maximum atomic E-state index is 12.3. The Morgan fingerprint density at radius 1 is 0.926 bits per heavy atom. The van der Waals surface area contributed by atoms with E-state index in [1.54, 1.807) is 12.3 Å². The molecule has 0 saturated carbocycles. The van der Waals surface area contributed by atoms with Crippen LogP contribution in [0.3, 0.4) is 0 Å². The average Bonchev–Trinajstić information content (AvgIpc) is 2.75. The topological polar surface area (TPSA) is 54.4 Å². The van der Waals surface area contributed by atoms with E-state index >= 15 is 0 Å². The van der Waals surface area contributed by atoms with Gasteiger partial charge in [-0.3, -0.25) is 9.78 Å². The number of aromatic nitrogens is 1. The van der Waals surface area contributed by atoms with Gasteiger partial charge in [0.15, 0.2) is 0 Å². The second-order valence-corrected chi connectivity index (χ2v) is 6.20. The lowest BCUT2D eigenvalue weighted by atomic mass is 10.0. The Labute approximate surface area is 160 Å². The van der Waals surface area contributed by atoms with Gasteiger partial charge in [-0.25, -0.2) is 5.43 Å². The minimum atomic E-state index is -0.301. The molecule has 0 atom stereocenters. The van der Waals surface area contributed by atoms with Gasteiger partial charge in [-0.2, -0.15) is 5.10 Å². The highest BCUT2D eigenvalue weighted by molar-refractivity contribution is 6.02. The van der Waals surface area contributed by atoms with E-state index in [-0.39, 0.29) is 5.91 Å². The van der Waals surface area contributed by atoms with Gasteiger partial charge in [0.25, 0.3) is 5.91 Å². The van der Waals surface area contributed by atoms with Crippen molar-refractivity contribution in [1.82, 2.24) is 10.4 Å². The van der Waals surface area contributed by atoms with Gasteiger partial charge in [0.1, 0.15) is 5.69 Å². The van der Waals surface area contributed by atoms with Crippen LogP contribution in [0, 0.1) is 0 Å². The van der Waals surface area contributed by atoms with Gasteiger partial charge in [0, 0.05) is 6.20 Å². The zero-order chi connectivity index (χ0) is 19.1. The molecule has 4 nitrogen and oxygen atoms in total.